The number of carbonyl (C=O) groups excluding carboxylic acids is 2. The number of benzene rings is 2. The normalized spacial score (nSPS) is 10.8. The molecule has 0 saturated carbocycles. The van der Waals surface area contributed by atoms with Crippen molar-refractivity contribution in [3.05, 3.63) is 92.6 Å². The quantitative estimate of drug-likeness (QED) is 0.236. The Kier molecular flexibility index (Phi) is 5.58. The van der Waals surface area contributed by atoms with Crippen LogP contribution in [0.15, 0.2) is 76.6 Å². The van der Waals surface area contributed by atoms with Gasteiger partial charge in [0.25, 0.3) is 0 Å². The minimum Gasteiger partial charge on any atom is -0.422 e. The minimum absolute atomic E-state index is 0.119. The zero-order chi connectivity index (χ0) is 17.6. The molecule has 0 atom stereocenters. The predicted octanol–water partition coefficient (Wildman–Crippen LogP) is 5.63. The zero-order valence-electron chi connectivity index (χ0n) is 13.0. The van der Waals surface area contributed by atoms with Crippen LogP contribution in [0.4, 0.5) is 0 Å². The highest BCUT2D eigenvalue weighted by Crippen LogP contribution is 2.22. The maximum atomic E-state index is 12.2. The Hall–Kier alpha value is -2.50. The third-order valence-electron chi connectivity index (χ3n) is 3.39. The summed E-state index contributed by atoms with van der Waals surface area (Å²) in [4.78, 5) is 24.9. The first kappa shape index (κ1) is 17.3. The molecule has 0 saturated heterocycles. The van der Waals surface area contributed by atoms with E-state index in [9.17, 15) is 9.59 Å². The molecular weight excluding hydrogens is 400 g/mol. The molecule has 0 aliphatic rings. The van der Waals surface area contributed by atoms with Gasteiger partial charge in [-0.15, -0.1) is 11.3 Å². The molecule has 5 heteroatoms. The second-order valence-corrected chi connectivity index (χ2v) is 6.97. The number of halogens is 1. The van der Waals surface area contributed by atoms with Crippen molar-refractivity contribution >= 4 is 45.1 Å². The van der Waals surface area contributed by atoms with E-state index in [4.69, 9.17) is 4.74 Å². The third-order valence-corrected chi connectivity index (χ3v) is 4.77. The van der Waals surface area contributed by atoms with Crippen LogP contribution in [0.2, 0.25) is 0 Å². The fourth-order valence-electron chi connectivity index (χ4n) is 2.13. The Morgan fingerprint density at radius 3 is 2.44 bits per heavy atom. The Morgan fingerprint density at radius 1 is 0.960 bits per heavy atom. The van der Waals surface area contributed by atoms with Gasteiger partial charge in [0.15, 0.2) is 5.78 Å². The second-order valence-electron chi connectivity index (χ2n) is 5.11. The number of thiophene rings is 1. The minimum atomic E-state index is -0.407. The monoisotopic (exact) mass is 412 g/mol. The van der Waals surface area contributed by atoms with Crippen molar-refractivity contribution in [3.8, 4) is 5.75 Å². The maximum Gasteiger partial charge on any atom is 0.353 e. The number of hydrogen-bond donors (Lipinski definition) is 0. The Morgan fingerprint density at radius 2 is 1.72 bits per heavy atom. The van der Waals surface area contributed by atoms with E-state index in [1.807, 2.05) is 23.6 Å². The van der Waals surface area contributed by atoms with Crippen molar-refractivity contribution in [2.75, 3.05) is 0 Å². The van der Waals surface area contributed by atoms with Crippen LogP contribution in [-0.2, 0) is 0 Å². The molecule has 0 fully saturated rings. The molecule has 3 rings (SSSR count). The molecule has 25 heavy (non-hydrogen) atoms. The lowest BCUT2D eigenvalue weighted by Crippen LogP contribution is -2.07. The molecule has 124 valence electrons. The molecule has 3 aromatic rings. The summed E-state index contributed by atoms with van der Waals surface area (Å²) in [5.74, 6) is -0.109. The standard InChI is InChI=1S/C20H13BrO3S/c21-16-10-7-14(8-11-16)17(22)12-9-15-4-1-2-5-18(15)24-20(23)19-6-3-13-25-19/h1-13H/b12-9+. The van der Waals surface area contributed by atoms with Crippen molar-refractivity contribution in [2.45, 2.75) is 0 Å². The van der Waals surface area contributed by atoms with Crippen molar-refractivity contribution < 1.29 is 14.3 Å². The Bertz CT molecular complexity index is 912. The van der Waals surface area contributed by atoms with E-state index in [1.54, 1.807) is 48.5 Å². The summed E-state index contributed by atoms with van der Waals surface area (Å²) in [7, 11) is 0. The predicted molar refractivity (Wildman–Crippen MR) is 103 cm³/mol. The van der Waals surface area contributed by atoms with Gasteiger partial charge in [-0.05, 0) is 53.9 Å². The van der Waals surface area contributed by atoms with Gasteiger partial charge in [-0.3, -0.25) is 4.79 Å². The molecule has 0 spiro atoms. The van der Waals surface area contributed by atoms with Crippen LogP contribution in [0.3, 0.4) is 0 Å². The van der Waals surface area contributed by atoms with Gasteiger partial charge in [0.2, 0.25) is 0 Å². The SMILES string of the molecule is O=C(/C=C/c1ccccc1OC(=O)c1cccs1)c1ccc(Br)cc1. The van der Waals surface area contributed by atoms with E-state index in [1.165, 1.54) is 17.4 Å². The van der Waals surface area contributed by atoms with Gasteiger partial charge in [-0.1, -0.05) is 40.2 Å². The summed E-state index contributed by atoms with van der Waals surface area (Å²) in [6, 6.07) is 17.7. The van der Waals surface area contributed by atoms with E-state index in [-0.39, 0.29) is 5.78 Å². The Labute approximate surface area is 157 Å². The molecule has 0 bridgehead atoms. The van der Waals surface area contributed by atoms with E-state index in [0.717, 1.165) is 4.47 Å². The van der Waals surface area contributed by atoms with Crippen molar-refractivity contribution in [1.82, 2.24) is 0 Å². The molecule has 0 N–H and O–H groups in total. The van der Waals surface area contributed by atoms with Gasteiger partial charge in [-0.2, -0.15) is 0 Å². The van der Waals surface area contributed by atoms with Crippen LogP contribution >= 0.6 is 27.3 Å². The molecule has 3 nitrogen and oxygen atoms in total. The van der Waals surface area contributed by atoms with Gasteiger partial charge in [0.05, 0.1) is 0 Å². The third kappa shape index (κ3) is 4.53. The van der Waals surface area contributed by atoms with Crippen molar-refractivity contribution in [1.29, 1.82) is 0 Å². The van der Waals surface area contributed by atoms with Crippen LogP contribution in [0.5, 0.6) is 5.75 Å². The van der Waals surface area contributed by atoms with Crippen molar-refractivity contribution in [3.63, 3.8) is 0 Å². The van der Waals surface area contributed by atoms with Gasteiger partial charge < -0.3 is 4.74 Å². The number of carbonyl (C=O) groups is 2. The summed E-state index contributed by atoms with van der Waals surface area (Å²) in [5, 5.41) is 1.82. The highest BCUT2D eigenvalue weighted by Gasteiger charge is 2.11. The van der Waals surface area contributed by atoms with Crippen LogP contribution in [0.25, 0.3) is 6.08 Å². The van der Waals surface area contributed by atoms with E-state index in [2.05, 4.69) is 15.9 Å². The smallest absolute Gasteiger partial charge is 0.353 e. The van der Waals surface area contributed by atoms with E-state index < -0.39 is 5.97 Å². The first-order valence-electron chi connectivity index (χ1n) is 7.46. The van der Waals surface area contributed by atoms with Gasteiger partial charge in [0.1, 0.15) is 10.6 Å². The number of esters is 1. The molecule has 0 aliphatic carbocycles. The van der Waals surface area contributed by atoms with Crippen LogP contribution < -0.4 is 4.74 Å². The fraction of sp³-hybridized carbons (Fsp3) is 0. The van der Waals surface area contributed by atoms with Crippen LogP contribution in [0, 0.1) is 0 Å². The average Bonchev–Trinajstić information content (AvgIpc) is 3.16. The number of allylic oxidation sites excluding steroid dienone is 1. The molecule has 1 heterocycles. The lowest BCUT2D eigenvalue weighted by atomic mass is 10.1. The second kappa shape index (κ2) is 8.05. The van der Waals surface area contributed by atoms with Crippen LogP contribution in [-0.4, -0.2) is 11.8 Å². The molecule has 1 aromatic heterocycles. The molecular formula is C20H13BrO3S. The largest absolute Gasteiger partial charge is 0.422 e. The molecule has 0 unspecified atom stereocenters. The summed E-state index contributed by atoms with van der Waals surface area (Å²) >= 11 is 4.66. The first-order chi connectivity index (χ1) is 12.1. The highest BCUT2D eigenvalue weighted by atomic mass is 79.9. The summed E-state index contributed by atoms with van der Waals surface area (Å²) in [6.07, 6.45) is 3.13. The number of hydrogen-bond acceptors (Lipinski definition) is 4. The number of para-hydroxylation sites is 1. The lowest BCUT2D eigenvalue weighted by molar-refractivity contribution is 0.0739. The van der Waals surface area contributed by atoms with Gasteiger partial charge in [0, 0.05) is 15.6 Å². The molecule has 0 radical (unpaired) electrons. The Balaban J connectivity index is 1.77. The van der Waals surface area contributed by atoms with Crippen molar-refractivity contribution in [2.24, 2.45) is 0 Å². The fourth-order valence-corrected chi connectivity index (χ4v) is 2.99. The summed E-state index contributed by atoms with van der Waals surface area (Å²) < 4.78 is 6.36. The average molecular weight is 413 g/mol. The molecule has 0 amide bonds. The number of ether oxygens (including phenoxy) is 1. The topological polar surface area (TPSA) is 43.4 Å². The number of rotatable bonds is 5. The molecule has 0 aliphatic heterocycles. The number of ketones is 1. The zero-order valence-corrected chi connectivity index (χ0v) is 15.4. The summed E-state index contributed by atoms with van der Waals surface area (Å²) in [6.45, 7) is 0. The molecule has 2 aromatic carbocycles. The van der Waals surface area contributed by atoms with Crippen LogP contribution in [0.1, 0.15) is 25.6 Å². The highest BCUT2D eigenvalue weighted by molar-refractivity contribution is 9.10. The lowest BCUT2D eigenvalue weighted by Gasteiger charge is -2.06. The van der Waals surface area contributed by atoms with Gasteiger partial charge in [-0.25, -0.2) is 4.79 Å². The van der Waals surface area contributed by atoms with E-state index in [0.29, 0.717) is 21.8 Å². The first-order valence-corrected chi connectivity index (χ1v) is 9.13. The summed E-state index contributed by atoms with van der Waals surface area (Å²) in [5.41, 5.74) is 1.25. The van der Waals surface area contributed by atoms with E-state index >= 15 is 0 Å². The maximum absolute atomic E-state index is 12.2. The van der Waals surface area contributed by atoms with Gasteiger partial charge >= 0.3 is 5.97 Å².